The van der Waals surface area contributed by atoms with Gasteiger partial charge in [-0.15, -0.1) is 0 Å². The lowest BCUT2D eigenvalue weighted by molar-refractivity contribution is 0.104. The number of nitrogens with zero attached hydrogens (tertiary/aromatic N) is 2. The quantitative estimate of drug-likeness (QED) is 0.380. The van der Waals surface area contributed by atoms with Gasteiger partial charge in [-0.2, -0.15) is 0 Å². The van der Waals surface area contributed by atoms with Gasteiger partial charge in [0.15, 0.2) is 0 Å². The van der Waals surface area contributed by atoms with Crippen molar-refractivity contribution in [1.29, 1.82) is 0 Å². The van der Waals surface area contributed by atoms with Gasteiger partial charge < -0.3 is 14.0 Å². The van der Waals surface area contributed by atoms with Gasteiger partial charge in [0, 0.05) is 16.9 Å². The maximum Gasteiger partial charge on any atom is 0.513 e. The highest BCUT2D eigenvalue weighted by Gasteiger charge is 2.38. The highest BCUT2D eigenvalue weighted by Crippen LogP contribution is 2.44. The number of hydrogen-bond acceptors (Lipinski definition) is 5. The van der Waals surface area contributed by atoms with E-state index in [0.29, 0.717) is 22.8 Å². The molecule has 9 heteroatoms. The number of sulfonamides is 1. The molecule has 1 aliphatic rings. The topological polar surface area (TPSA) is 77.8 Å². The summed E-state index contributed by atoms with van der Waals surface area (Å²) < 4.78 is 40.6. The molecule has 0 radical (unpaired) electrons. The van der Waals surface area contributed by atoms with Crippen LogP contribution in [0.2, 0.25) is 5.02 Å². The second-order valence-electron chi connectivity index (χ2n) is 6.92. The van der Waals surface area contributed by atoms with Crippen LogP contribution >= 0.6 is 11.6 Å². The first-order valence-corrected chi connectivity index (χ1v) is 11.6. The Hall–Kier alpha value is -2.97. The van der Waals surface area contributed by atoms with Gasteiger partial charge in [-0.3, -0.25) is 4.31 Å². The Bertz CT molecular complexity index is 1220. The van der Waals surface area contributed by atoms with Gasteiger partial charge >= 0.3 is 6.16 Å². The Morgan fingerprint density at radius 3 is 2.48 bits per heavy atom. The lowest BCUT2D eigenvalue weighted by Crippen LogP contribution is -2.39. The molecular weight excluding hydrogens is 440 g/mol. The Kier molecular flexibility index (Phi) is 5.68. The third-order valence-corrected chi connectivity index (χ3v) is 7.14. The fourth-order valence-electron chi connectivity index (χ4n) is 3.76. The molecule has 4 rings (SSSR count). The van der Waals surface area contributed by atoms with Crippen LogP contribution in [0.25, 0.3) is 5.69 Å². The summed E-state index contributed by atoms with van der Waals surface area (Å²) in [6.45, 7) is 3.80. The molecule has 2 aromatic carbocycles. The summed E-state index contributed by atoms with van der Waals surface area (Å²) >= 11 is 6.21. The minimum Gasteiger partial charge on any atom is -0.434 e. The van der Waals surface area contributed by atoms with Crippen LogP contribution in [0, 0.1) is 0 Å². The molecule has 3 aromatic rings. The van der Waals surface area contributed by atoms with Crippen molar-refractivity contribution in [2.24, 2.45) is 0 Å². The van der Waals surface area contributed by atoms with E-state index in [1.807, 2.05) is 29.8 Å². The number of halogens is 1. The van der Waals surface area contributed by atoms with E-state index in [4.69, 9.17) is 21.1 Å². The van der Waals surface area contributed by atoms with Crippen LogP contribution in [0.15, 0.2) is 65.7 Å². The van der Waals surface area contributed by atoms with E-state index in [9.17, 15) is 13.2 Å². The number of aromatic nitrogens is 1. The summed E-state index contributed by atoms with van der Waals surface area (Å²) in [6.07, 6.45) is 1.64. The zero-order valence-electron chi connectivity index (χ0n) is 17.0. The number of ether oxygens (including phenoxy) is 2. The molecule has 1 atom stereocenters. The van der Waals surface area contributed by atoms with Gasteiger partial charge in [0.05, 0.1) is 28.9 Å². The molecule has 31 heavy (non-hydrogen) atoms. The fraction of sp³-hybridized carbons (Fsp3) is 0.227. The summed E-state index contributed by atoms with van der Waals surface area (Å²) in [4.78, 5) is 11.6. The van der Waals surface area contributed by atoms with E-state index in [2.05, 4.69) is 0 Å². The number of carbonyl (C=O) groups excluding carboxylic acids is 1. The van der Waals surface area contributed by atoms with E-state index < -0.39 is 16.2 Å². The Morgan fingerprint density at radius 2 is 1.81 bits per heavy atom. The number of hydrogen-bond donors (Lipinski definition) is 0. The minimum absolute atomic E-state index is 0.0862. The maximum absolute atomic E-state index is 13.7. The van der Waals surface area contributed by atoms with E-state index in [1.165, 1.54) is 28.6 Å². The number of fused-ring (bicyclic) bond motifs is 3. The molecule has 0 aliphatic carbocycles. The molecule has 162 valence electrons. The molecule has 1 unspecified atom stereocenters. The molecule has 1 aromatic heterocycles. The van der Waals surface area contributed by atoms with Gasteiger partial charge in [-0.1, -0.05) is 18.5 Å². The van der Waals surface area contributed by atoms with Crippen LogP contribution < -0.4 is 9.04 Å². The molecular formula is C22H21ClN2O5S. The zero-order valence-corrected chi connectivity index (χ0v) is 18.6. The average Bonchev–Trinajstić information content (AvgIpc) is 3.23. The third-order valence-electron chi connectivity index (χ3n) is 5.07. The van der Waals surface area contributed by atoms with Crippen molar-refractivity contribution < 1.29 is 22.7 Å². The third kappa shape index (κ3) is 3.77. The van der Waals surface area contributed by atoms with Crippen LogP contribution in [0.1, 0.15) is 32.0 Å². The molecule has 0 fully saturated rings. The van der Waals surface area contributed by atoms with E-state index in [0.717, 1.165) is 5.69 Å². The van der Waals surface area contributed by atoms with Crippen LogP contribution in [-0.2, 0) is 14.8 Å². The van der Waals surface area contributed by atoms with Crippen molar-refractivity contribution >= 4 is 33.5 Å². The second-order valence-corrected chi connectivity index (χ2v) is 9.17. The van der Waals surface area contributed by atoms with E-state index in [1.54, 1.807) is 25.1 Å². The molecule has 0 spiro atoms. The first-order valence-electron chi connectivity index (χ1n) is 9.83. The summed E-state index contributed by atoms with van der Waals surface area (Å²) in [6, 6.07) is 14.3. The number of carbonyl (C=O) groups is 1. The standard InChI is InChI=1S/C22H21ClN2O5S/c1-3-18-19-6-5-13-24(19)21-14-15(23)7-12-20(21)25(18)31(27,28)17-10-8-16(9-11-17)30-22(26)29-4-2/h5-14,18H,3-4H2,1-2H3. The highest BCUT2D eigenvalue weighted by atomic mass is 35.5. The molecule has 0 bridgehead atoms. The molecule has 0 N–H and O–H groups in total. The lowest BCUT2D eigenvalue weighted by Gasteiger charge is -2.38. The highest BCUT2D eigenvalue weighted by molar-refractivity contribution is 7.92. The average molecular weight is 461 g/mol. The van der Waals surface area contributed by atoms with Gasteiger partial charge in [0.2, 0.25) is 0 Å². The maximum atomic E-state index is 13.7. The van der Waals surface area contributed by atoms with Crippen molar-refractivity contribution in [2.75, 3.05) is 10.9 Å². The second kappa shape index (κ2) is 8.28. The van der Waals surface area contributed by atoms with Crippen LogP contribution in [0.4, 0.5) is 10.5 Å². The first kappa shape index (κ1) is 21.3. The summed E-state index contributed by atoms with van der Waals surface area (Å²) in [5.74, 6) is 0.198. The predicted molar refractivity (Wildman–Crippen MR) is 118 cm³/mol. The molecule has 0 saturated carbocycles. The normalized spacial score (nSPS) is 15.2. The first-order chi connectivity index (χ1) is 14.9. The lowest BCUT2D eigenvalue weighted by atomic mass is 10.1. The van der Waals surface area contributed by atoms with Crippen molar-refractivity contribution in [3.8, 4) is 11.4 Å². The molecule has 0 amide bonds. The van der Waals surface area contributed by atoms with Crippen molar-refractivity contribution in [3.05, 3.63) is 71.5 Å². The Morgan fingerprint density at radius 1 is 1.06 bits per heavy atom. The van der Waals surface area contributed by atoms with Crippen molar-refractivity contribution in [3.63, 3.8) is 0 Å². The van der Waals surface area contributed by atoms with Gasteiger partial charge in [-0.05, 0) is 67.9 Å². The van der Waals surface area contributed by atoms with Crippen LogP contribution in [-0.4, -0.2) is 25.7 Å². The van der Waals surface area contributed by atoms with Gasteiger partial charge in [0.1, 0.15) is 5.75 Å². The monoisotopic (exact) mass is 460 g/mol. The summed E-state index contributed by atoms with van der Waals surface area (Å²) in [5.41, 5.74) is 2.11. The predicted octanol–water partition coefficient (Wildman–Crippen LogP) is 5.33. The van der Waals surface area contributed by atoms with Crippen LogP contribution in [0.3, 0.4) is 0 Å². The molecule has 0 saturated heterocycles. The van der Waals surface area contributed by atoms with Crippen molar-refractivity contribution in [2.45, 2.75) is 31.2 Å². The molecule has 2 heterocycles. The van der Waals surface area contributed by atoms with E-state index in [-0.39, 0.29) is 23.3 Å². The van der Waals surface area contributed by atoms with E-state index >= 15 is 0 Å². The Labute approximate surface area is 185 Å². The van der Waals surface area contributed by atoms with Gasteiger partial charge in [-0.25, -0.2) is 13.2 Å². The van der Waals surface area contributed by atoms with Gasteiger partial charge in [0.25, 0.3) is 10.0 Å². The fourth-order valence-corrected chi connectivity index (χ4v) is 5.64. The smallest absolute Gasteiger partial charge is 0.434 e. The number of benzene rings is 2. The SMILES string of the molecule is CCOC(=O)Oc1ccc(S(=O)(=O)N2c3ccc(Cl)cc3-n3cccc3C2CC)cc1. The minimum atomic E-state index is -3.92. The van der Waals surface area contributed by atoms with Crippen LogP contribution in [0.5, 0.6) is 5.75 Å². The molecule has 1 aliphatic heterocycles. The molecule has 7 nitrogen and oxygen atoms in total. The summed E-state index contributed by atoms with van der Waals surface area (Å²) in [7, 11) is -3.92. The largest absolute Gasteiger partial charge is 0.513 e. The number of rotatable bonds is 5. The zero-order chi connectivity index (χ0) is 22.2. The summed E-state index contributed by atoms with van der Waals surface area (Å²) in [5, 5.41) is 0.520. The van der Waals surface area contributed by atoms with Crippen molar-refractivity contribution in [1.82, 2.24) is 4.57 Å². The number of anilines is 1. The Balaban J connectivity index is 1.76.